The average Bonchev–Trinajstić information content (AvgIpc) is 2.71. The molecule has 0 amide bonds. The molecule has 2 nitrogen and oxygen atoms in total. The van der Waals surface area contributed by atoms with Crippen LogP contribution in [0.1, 0.15) is 47.5 Å². The van der Waals surface area contributed by atoms with Crippen LogP contribution in [0.3, 0.4) is 0 Å². The van der Waals surface area contributed by atoms with E-state index in [4.69, 9.17) is 0 Å². The van der Waals surface area contributed by atoms with Crippen LogP contribution in [0.25, 0.3) is 0 Å². The number of rotatable bonds is 2. The summed E-state index contributed by atoms with van der Waals surface area (Å²) in [6, 6.07) is 5.43. The molecule has 0 aromatic heterocycles. The summed E-state index contributed by atoms with van der Waals surface area (Å²) < 4.78 is 0. The van der Waals surface area contributed by atoms with Gasteiger partial charge >= 0.3 is 0 Å². The highest BCUT2D eigenvalue weighted by molar-refractivity contribution is 5.80. The first-order chi connectivity index (χ1) is 6.83. The van der Waals surface area contributed by atoms with E-state index in [1.165, 1.54) is 12.8 Å². The van der Waals surface area contributed by atoms with Gasteiger partial charge in [0.25, 0.3) is 0 Å². The maximum Gasteiger partial charge on any atom is 0.153 e. The summed E-state index contributed by atoms with van der Waals surface area (Å²) in [5, 5.41) is 9.82. The van der Waals surface area contributed by atoms with Crippen molar-refractivity contribution in [2.24, 2.45) is 0 Å². The van der Waals surface area contributed by atoms with E-state index in [9.17, 15) is 9.90 Å². The molecule has 2 heteroatoms. The third-order valence-electron chi connectivity index (χ3n) is 3.02. The lowest BCUT2D eigenvalue weighted by Gasteiger charge is -2.12. The van der Waals surface area contributed by atoms with Gasteiger partial charge in [0.15, 0.2) is 6.29 Å². The highest BCUT2D eigenvalue weighted by atomic mass is 16.3. The second-order valence-corrected chi connectivity index (χ2v) is 3.88. The summed E-state index contributed by atoms with van der Waals surface area (Å²) in [7, 11) is 0. The van der Waals surface area contributed by atoms with Crippen molar-refractivity contribution in [2.45, 2.75) is 31.6 Å². The first-order valence-corrected chi connectivity index (χ1v) is 5.10. The second-order valence-electron chi connectivity index (χ2n) is 3.88. The van der Waals surface area contributed by atoms with Crippen molar-refractivity contribution in [2.75, 3.05) is 0 Å². The fourth-order valence-electron chi connectivity index (χ4n) is 2.24. The predicted octanol–water partition coefficient (Wildman–Crippen LogP) is 2.86. The number of carbonyl (C=O) groups is 1. The summed E-state index contributed by atoms with van der Waals surface area (Å²) in [5.41, 5.74) is 1.36. The van der Waals surface area contributed by atoms with Crippen LogP contribution in [-0.2, 0) is 0 Å². The van der Waals surface area contributed by atoms with Crippen LogP contribution in [0.4, 0.5) is 0 Å². The van der Waals surface area contributed by atoms with E-state index in [-0.39, 0.29) is 5.75 Å². The summed E-state index contributed by atoms with van der Waals surface area (Å²) in [5.74, 6) is 0.643. The molecule has 0 saturated heterocycles. The van der Waals surface area contributed by atoms with Gasteiger partial charge in [-0.3, -0.25) is 4.79 Å². The van der Waals surface area contributed by atoms with E-state index < -0.39 is 0 Å². The third-order valence-corrected chi connectivity index (χ3v) is 3.02. The number of carbonyl (C=O) groups excluding carboxylic acids is 1. The minimum Gasteiger partial charge on any atom is -0.507 e. The summed E-state index contributed by atoms with van der Waals surface area (Å²) in [4.78, 5) is 10.6. The summed E-state index contributed by atoms with van der Waals surface area (Å²) in [6.45, 7) is 0. The number of hydrogen-bond acceptors (Lipinski definition) is 2. The fourth-order valence-corrected chi connectivity index (χ4v) is 2.24. The van der Waals surface area contributed by atoms with Crippen molar-refractivity contribution in [3.05, 3.63) is 29.3 Å². The molecule has 1 aliphatic rings. The van der Waals surface area contributed by atoms with Crippen molar-refractivity contribution in [3.63, 3.8) is 0 Å². The molecule has 74 valence electrons. The van der Waals surface area contributed by atoms with Crippen molar-refractivity contribution in [3.8, 4) is 5.75 Å². The minimum absolute atomic E-state index is 0.189. The Morgan fingerprint density at radius 2 is 2.00 bits per heavy atom. The molecule has 0 bridgehead atoms. The molecular weight excluding hydrogens is 176 g/mol. The van der Waals surface area contributed by atoms with E-state index in [1.54, 1.807) is 6.07 Å². The smallest absolute Gasteiger partial charge is 0.153 e. The zero-order chi connectivity index (χ0) is 9.97. The molecule has 0 radical (unpaired) electrons. The van der Waals surface area contributed by atoms with Gasteiger partial charge in [-0.1, -0.05) is 25.0 Å². The molecule has 1 N–H and O–H groups in total. The molecular formula is C12H14O2. The van der Waals surface area contributed by atoms with Crippen molar-refractivity contribution in [1.82, 2.24) is 0 Å². The van der Waals surface area contributed by atoms with Gasteiger partial charge in [0.1, 0.15) is 5.75 Å². The zero-order valence-corrected chi connectivity index (χ0v) is 8.07. The Kier molecular flexibility index (Phi) is 2.53. The highest BCUT2D eigenvalue weighted by Gasteiger charge is 2.20. The van der Waals surface area contributed by atoms with Crippen LogP contribution < -0.4 is 0 Å². The molecule has 0 heterocycles. The Labute approximate surface area is 83.6 Å². The topological polar surface area (TPSA) is 37.3 Å². The van der Waals surface area contributed by atoms with Gasteiger partial charge in [0.05, 0.1) is 5.56 Å². The van der Waals surface area contributed by atoms with Crippen LogP contribution in [0, 0.1) is 0 Å². The van der Waals surface area contributed by atoms with E-state index in [0.717, 1.165) is 18.4 Å². The van der Waals surface area contributed by atoms with Crippen LogP contribution in [0.15, 0.2) is 18.2 Å². The monoisotopic (exact) mass is 190 g/mol. The van der Waals surface area contributed by atoms with Gasteiger partial charge in [-0.2, -0.15) is 0 Å². The lowest BCUT2D eigenvalue weighted by Crippen LogP contribution is -1.95. The van der Waals surface area contributed by atoms with Crippen LogP contribution in [-0.4, -0.2) is 11.4 Å². The normalized spacial score (nSPS) is 17.1. The number of phenols is 1. The number of hydrogen-bond donors (Lipinski definition) is 1. The summed E-state index contributed by atoms with van der Waals surface area (Å²) >= 11 is 0. The molecule has 1 fully saturated rings. The molecule has 0 unspecified atom stereocenters. The molecule has 14 heavy (non-hydrogen) atoms. The molecule has 1 aromatic rings. The number of phenolic OH excluding ortho intramolecular Hbond substituents is 1. The van der Waals surface area contributed by atoms with Crippen molar-refractivity contribution in [1.29, 1.82) is 0 Å². The Morgan fingerprint density at radius 1 is 1.29 bits per heavy atom. The minimum atomic E-state index is 0.189. The molecule has 0 spiro atoms. The van der Waals surface area contributed by atoms with Gasteiger partial charge in [0.2, 0.25) is 0 Å². The van der Waals surface area contributed by atoms with Crippen molar-refractivity contribution >= 4 is 6.29 Å². The number of aromatic hydroxyl groups is 1. The lowest BCUT2D eigenvalue weighted by molar-refractivity contribution is 0.112. The third kappa shape index (κ3) is 1.52. The first kappa shape index (κ1) is 9.25. The SMILES string of the molecule is O=Cc1cccc(C2CCCC2)c1O. The molecule has 0 aliphatic heterocycles. The Balaban J connectivity index is 2.36. The zero-order valence-electron chi connectivity index (χ0n) is 8.07. The van der Waals surface area contributed by atoms with Crippen LogP contribution in [0.2, 0.25) is 0 Å². The maximum absolute atomic E-state index is 10.6. The average molecular weight is 190 g/mol. The fraction of sp³-hybridized carbons (Fsp3) is 0.417. The molecule has 1 aliphatic carbocycles. The molecule has 0 atom stereocenters. The Bertz CT molecular complexity index is 338. The number of benzene rings is 1. The van der Waals surface area contributed by atoms with Crippen molar-refractivity contribution < 1.29 is 9.90 Å². The van der Waals surface area contributed by atoms with E-state index in [0.29, 0.717) is 17.8 Å². The molecule has 2 rings (SSSR count). The highest BCUT2D eigenvalue weighted by Crippen LogP contribution is 2.39. The molecule has 1 saturated carbocycles. The van der Waals surface area contributed by atoms with E-state index >= 15 is 0 Å². The summed E-state index contributed by atoms with van der Waals surface area (Å²) in [6.07, 6.45) is 5.45. The standard InChI is InChI=1S/C12H14O2/c13-8-10-6-3-7-11(12(10)14)9-4-1-2-5-9/h3,6-9,14H,1-2,4-5H2. The largest absolute Gasteiger partial charge is 0.507 e. The van der Waals surface area contributed by atoms with Gasteiger partial charge in [-0.05, 0) is 30.4 Å². The van der Waals surface area contributed by atoms with Gasteiger partial charge in [-0.25, -0.2) is 0 Å². The predicted molar refractivity (Wildman–Crippen MR) is 54.7 cm³/mol. The van der Waals surface area contributed by atoms with E-state index in [2.05, 4.69) is 0 Å². The van der Waals surface area contributed by atoms with Crippen LogP contribution in [0.5, 0.6) is 5.75 Å². The van der Waals surface area contributed by atoms with Gasteiger partial charge in [-0.15, -0.1) is 0 Å². The molecule has 1 aromatic carbocycles. The Hall–Kier alpha value is -1.31. The van der Waals surface area contributed by atoms with Crippen LogP contribution >= 0.6 is 0 Å². The van der Waals surface area contributed by atoms with Gasteiger partial charge in [0, 0.05) is 0 Å². The quantitative estimate of drug-likeness (QED) is 0.728. The maximum atomic E-state index is 10.6. The number of para-hydroxylation sites is 1. The van der Waals surface area contributed by atoms with E-state index in [1.807, 2.05) is 12.1 Å². The Morgan fingerprint density at radius 3 is 2.64 bits per heavy atom. The lowest BCUT2D eigenvalue weighted by atomic mass is 9.95. The number of aldehydes is 1. The second kappa shape index (κ2) is 3.82. The first-order valence-electron chi connectivity index (χ1n) is 5.10. The van der Waals surface area contributed by atoms with Gasteiger partial charge < -0.3 is 5.11 Å².